The zero-order valence-corrected chi connectivity index (χ0v) is 7.50. The van der Waals surface area contributed by atoms with Crippen molar-refractivity contribution in [3.63, 3.8) is 0 Å². The number of nitrogens with two attached hydrogens (primary N) is 1. The molecule has 0 bridgehead atoms. The van der Waals surface area contributed by atoms with Gasteiger partial charge in [0.25, 0.3) is 0 Å². The Bertz CT molecular complexity index is 392. The molecule has 0 saturated carbocycles. The molecule has 0 radical (unpaired) electrons. The van der Waals surface area contributed by atoms with Gasteiger partial charge in [-0.05, 0) is 12.1 Å². The fourth-order valence-electron chi connectivity index (χ4n) is 1.21. The second kappa shape index (κ2) is 3.65. The first-order chi connectivity index (χ1) is 6.75. The van der Waals surface area contributed by atoms with Gasteiger partial charge in [0.15, 0.2) is 0 Å². The standard InChI is InChI=1S/C9H11N3O2/c10-8(13)6-7-3-4-12(11-7)9-2-1-5-14-9/h1-5,8,13H,6,10H2. The normalized spacial score (nSPS) is 13.0. The molecule has 0 aliphatic heterocycles. The van der Waals surface area contributed by atoms with Crippen LogP contribution in [0.15, 0.2) is 35.1 Å². The number of nitrogens with zero attached hydrogens (tertiary/aromatic N) is 2. The van der Waals surface area contributed by atoms with Crippen LogP contribution in [0.25, 0.3) is 5.88 Å². The molecule has 0 aliphatic rings. The maximum Gasteiger partial charge on any atom is 0.219 e. The summed E-state index contributed by atoms with van der Waals surface area (Å²) in [6, 6.07) is 5.38. The van der Waals surface area contributed by atoms with E-state index in [-0.39, 0.29) is 0 Å². The Morgan fingerprint density at radius 3 is 3.07 bits per heavy atom. The van der Waals surface area contributed by atoms with Gasteiger partial charge >= 0.3 is 0 Å². The van der Waals surface area contributed by atoms with Gasteiger partial charge in [0.05, 0.1) is 12.0 Å². The van der Waals surface area contributed by atoms with Crippen molar-refractivity contribution in [2.45, 2.75) is 12.6 Å². The van der Waals surface area contributed by atoms with Crippen molar-refractivity contribution < 1.29 is 9.52 Å². The predicted octanol–water partition coefficient (Wildman–Crippen LogP) is 0.285. The highest BCUT2D eigenvalue weighted by Gasteiger charge is 2.05. The van der Waals surface area contributed by atoms with Gasteiger partial charge in [-0.25, -0.2) is 4.68 Å². The lowest BCUT2D eigenvalue weighted by molar-refractivity contribution is 0.181. The van der Waals surface area contributed by atoms with Crippen LogP contribution in [0.1, 0.15) is 5.69 Å². The minimum absolute atomic E-state index is 0.341. The van der Waals surface area contributed by atoms with E-state index < -0.39 is 6.23 Å². The molecule has 14 heavy (non-hydrogen) atoms. The lowest BCUT2D eigenvalue weighted by Gasteiger charge is -1.99. The van der Waals surface area contributed by atoms with E-state index in [2.05, 4.69) is 5.10 Å². The fourth-order valence-corrected chi connectivity index (χ4v) is 1.21. The molecule has 0 amide bonds. The van der Waals surface area contributed by atoms with Crippen LogP contribution in [0.3, 0.4) is 0 Å². The van der Waals surface area contributed by atoms with Crippen LogP contribution in [0.4, 0.5) is 0 Å². The number of aliphatic hydroxyl groups excluding tert-OH is 1. The minimum atomic E-state index is -0.866. The first kappa shape index (κ1) is 8.98. The van der Waals surface area contributed by atoms with E-state index in [1.807, 2.05) is 0 Å². The van der Waals surface area contributed by atoms with E-state index in [9.17, 15) is 0 Å². The summed E-state index contributed by atoms with van der Waals surface area (Å²) in [6.45, 7) is 0. The van der Waals surface area contributed by atoms with Crippen LogP contribution in [0.2, 0.25) is 0 Å². The second-order valence-corrected chi connectivity index (χ2v) is 2.97. The average Bonchev–Trinajstić information content (AvgIpc) is 2.69. The molecule has 0 aromatic carbocycles. The molecule has 5 nitrogen and oxygen atoms in total. The quantitative estimate of drug-likeness (QED) is 0.686. The summed E-state index contributed by atoms with van der Waals surface area (Å²) in [7, 11) is 0. The number of furan rings is 1. The summed E-state index contributed by atoms with van der Waals surface area (Å²) in [5.74, 6) is 0.641. The highest BCUT2D eigenvalue weighted by molar-refractivity contribution is 5.17. The largest absolute Gasteiger partial charge is 0.447 e. The SMILES string of the molecule is NC(O)Cc1ccn(-c2ccco2)n1. The van der Waals surface area contributed by atoms with Crippen LogP contribution < -0.4 is 5.73 Å². The van der Waals surface area contributed by atoms with Crippen molar-refractivity contribution >= 4 is 0 Å². The van der Waals surface area contributed by atoms with Crippen molar-refractivity contribution in [3.8, 4) is 5.88 Å². The van der Waals surface area contributed by atoms with Crippen LogP contribution in [0, 0.1) is 0 Å². The summed E-state index contributed by atoms with van der Waals surface area (Å²) in [5, 5.41) is 13.1. The van der Waals surface area contributed by atoms with Gasteiger partial charge in [0.2, 0.25) is 5.88 Å². The Kier molecular flexibility index (Phi) is 2.34. The Hall–Kier alpha value is -1.59. The summed E-state index contributed by atoms with van der Waals surface area (Å²) >= 11 is 0. The summed E-state index contributed by atoms with van der Waals surface area (Å²) in [6.07, 6.45) is 2.81. The molecule has 0 saturated heterocycles. The molecule has 0 spiro atoms. The topological polar surface area (TPSA) is 77.2 Å². The maximum absolute atomic E-state index is 8.95. The van der Waals surface area contributed by atoms with Crippen LogP contribution in [-0.4, -0.2) is 21.1 Å². The number of hydrogen-bond acceptors (Lipinski definition) is 4. The van der Waals surface area contributed by atoms with Gasteiger partial charge < -0.3 is 15.3 Å². The predicted molar refractivity (Wildman–Crippen MR) is 49.7 cm³/mol. The van der Waals surface area contributed by atoms with Crippen molar-refractivity contribution in [1.82, 2.24) is 9.78 Å². The molecule has 2 aromatic heterocycles. The number of aromatic nitrogens is 2. The number of hydrogen-bond donors (Lipinski definition) is 2. The van der Waals surface area contributed by atoms with Gasteiger partial charge in [0, 0.05) is 18.7 Å². The van der Waals surface area contributed by atoms with Gasteiger partial charge in [-0.3, -0.25) is 0 Å². The number of rotatable bonds is 3. The molecule has 2 rings (SSSR count). The van der Waals surface area contributed by atoms with E-state index in [0.29, 0.717) is 12.3 Å². The van der Waals surface area contributed by atoms with E-state index in [4.69, 9.17) is 15.3 Å². The van der Waals surface area contributed by atoms with Crippen molar-refractivity contribution in [3.05, 3.63) is 36.4 Å². The van der Waals surface area contributed by atoms with Gasteiger partial charge in [-0.1, -0.05) is 0 Å². The third-order valence-electron chi connectivity index (χ3n) is 1.79. The monoisotopic (exact) mass is 193 g/mol. The molecular formula is C9H11N3O2. The summed E-state index contributed by atoms with van der Waals surface area (Å²) in [4.78, 5) is 0. The Morgan fingerprint density at radius 2 is 2.43 bits per heavy atom. The van der Waals surface area contributed by atoms with E-state index in [1.54, 1.807) is 35.3 Å². The Morgan fingerprint density at radius 1 is 1.57 bits per heavy atom. The lowest BCUT2D eigenvalue weighted by Crippen LogP contribution is -2.21. The molecule has 2 aromatic rings. The van der Waals surface area contributed by atoms with E-state index in [0.717, 1.165) is 5.69 Å². The first-order valence-electron chi connectivity index (χ1n) is 4.28. The zero-order valence-electron chi connectivity index (χ0n) is 7.50. The van der Waals surface area contributed by atoms with E-state index in [1.165, 1.54) is 0 Å². The molecule has 1 atom stereocenters. The van der Waals surface area contributed by atoms with Crippen LogP contribution in [-0.2, 0) is 6.42 Å². The molecular weight excluding hydrogens is 182 g/mol. The molecule has 2 heterocycles. The molecule has 0 aliphatic carbocycles. The minimum Gasteiger partial charge on any atom is -0.447 e. The molecule has 1 unspecified atom stereocenters. The molecule has 3 N–H and O–H groups in total. The zero-order chi connectivity index (χ0) is 9.97. The van der Waals surface area contributed by atoms with Gasteiger partial charge in [-0.15, -0.1) is 0 Å². The maximum atomic E-state index is 8.95. The second-order valence-electron chi connectivity index (χ2n) is 2.97. The average molecular weight is 193 g/mol. The lowest BCUT2D eigenvalue weighted by atomic mass is 10.3. The third-order valence-corrected chi connectivity index (χ3v) is 1.79. The smallest absolute Gasteiger partial charge is 0.219 e. The van der Waals surface area contributed by atoms with Crippen molar-refractivity contribution in [1.29, 1.82) is 0 Å². The number of aliphatic hydroxyl groups is 1. The van der Waals surface area contributed by atoms with Gasteiger partial charge in [0.1, 0.15) is 6.23 Å². The van der Waals surface area contributed by atoms with Crippen molar-refractivity contribution in [2.24, 2.45) is 5.73 Å². The third kappa shape index (κ3) is 1.84. The summed E-state index contributed by atoms with van der Waals surface area (Å²) in [5.41, 5.74) is 5.97. The van der Waals surface area contributed by atoms with Crippen LogP contribution >= 0.6 is 0 Å². The van der Waals surface area contributed by atoms with Crippen molar-refractivity contribution in [2.75, 3.05) is 0 Å². The Balaban J connectivity index is 2.18. The highest BCUT2D eigenvalue weighted by atomic mass is 16.3. The highest BCUT2D eigenvalue weighted by Crippen LogP contribution is 2.08. The summed E-state index contributed by atoms with van der Waals surface area (Å²) < 4.78 is 6.74. The van der Waals surface area contributed by atoms with Crippen LogP contribution in [0.5, 0.6) is 0 Å². The van der Waals surface area contributed by atoms with E-state index >= 15 is 0 Å². The molecule has 5 heteroatoms. The fraction of sp³-hybridized carbons (Fsp3) is 0.222. The first-order valence-corrected chi connectivity index (χ1v) is 4.28. The van der Waals surface area contributed by atoms with Gasteiger partial charge in [-0.2, -0.15) is 5.10 Å². The molecule has 74 valence electrons. The molecule has 0 fully saturated rings. The Labute approximate surface area is 80.8 Å².